The Hall–Kier alpha value is -1.55. The molecule has 0 radical (unpaired) electrons. The lowest BCUT2D eigenvalue weighted by molar-refractivity contribution is -0.944. The van der Waals surface area contributed by atoms with Gasteiger partial charge < -0.3 is 20.3 Å². The van der Waals surface area contributed by atoms with Gasteiger partial charge in [-0.15, -0.1) is 4.37 Å². The Balaban J connectivity index is 2.00. The van der Waals surface area contributed by atoms with E-state index >= 15 is 0 Å². The van der Waals surface area contributed by atoms with Gasteiger partial charge >= 0.3 is 5.97 Å². The van der Waals surface area contributed by atoms with Crippen molar-refractivity contribution in [2.45, 2.75) is 77.7 Å². The minimum Gasteiger partial charge on any atom is -0.475 e. The summed E-state index contributed by atoms with van der Waals surface area (Å²) in [5, 5.41) is 9.89. The fraction of sp³-hybridized carbons (Fsp3) is 0.762. The number of aliphatic hydroxyl groups excluding tert-OH is 1. The highest BCUT2D eigenvalue weighted by molar-refractivity contribution is 6.99. The lowest BCUT2D eigenvalue weighted by atomic mass is 10.0. The first-order chi connectivity index (χ1) is 14.3. The highest BCUT2D eigenvalue weighted by atomic mass is 32.1. The van der Waals surface area contributed by atoms with Crippen molar-refractivity contribution < 1.29 is 29.6 Å². The van der Waals surface area contributed by atoms with E-state index in [-0.39, 0.29) is 6.23 Å². The third-order valence-corrected chi connectivity index (χ3v) is 6.42. The average Bonchev–Trinajstić information content (AvgIpc) is 3.21. The third kappa shape index (κ3) is 6.47. The molecule has 30 heavy (non-hydrogen) atoms. The molecule has 0 saturated carbocycles. The number of aromatic nitrogens is 2. The van der Waals surface area contributed by atoms with Crippen LogP contribution in [-0.4, -0.2) is 69.4 Å². The Bertz CT molecular complexity index is 711. The van der Waals surface area contributed by atoms with E-state index in [1.165, 1.54) is 12.8 Å². The Morgan fingerprint density at radius 1 is 1.33 bits per heavy atom. The number of rotatable bonds is 12. The van der Waals surface area contributed by atoms with Crippen molar-refractivity contribution in [1.82, 2.24) is 8.75 Å². The molecule has 0 saturated heterocycles. The minimum absolute atomic E-state index is 0.362. The zero-order chi connectivity index (χ0) is 22.1. The van der Waals surface area contributed by atoms with Gasteiger partial charge in [-0.2, -0.15) is 4.37 Å². The van der Waals surface area contributed by atoms with E-state index in [0.717, 1.165) is 48.8 Å². The molecule has 0 spiro atoms. The molecular weight excluding hydrogens is 404 g/mol. The summed E-state index contributed by atoms with van der Waals surface area (Å²) in [7, 11) is 2.07. The van der Waals surface area contributed by atoms with Gasteiger partial charge in [0.25, 0.3) is 5.88 Å². The molecule has 1 aliphatic rings. The third-order valence-electron chi connectivity index (χ3n) is 5.91. The van der Waals surface area contributed by atoms with Crippen molar-refractivity contribution in [1.29, 1.82) is 0 Å². The maximum absolute atomic E-state index is 12.4. The second-order valence-corrected chi connectivity index (χ2v) is 8.85. The summed E-state index contributed by atoms with van der Waals surface area (Å²) >= 11 is 1.16. The summed E-state index contributed by atoms with van der Waals surface area (Å²) in [6.07, 6.45) is 6.94. The largest absolute Gasteiger partial charge is 0.475 e. The van der Waals surface area contributed by atoms with Crippen LogP contribution in [0, 0.1) is 0 Å². The SMILES string of the molecule is CCCCCCOc1nsnc1C1=CCC[N+](C)([C@@H](C)OC(=O)[C@@H]([NH3+])[C@H](O)CC)C1. The van der Waals surface area contributed by atoms with Gasteiger partial charge in [0, 0.05) is 18.9 Å². The quantitative estimate of drug-likeness (QED) is 0.291. The number of nitrogens with zero attached hydrogens (tertiary/aromatic N) is 3. The predicted octanol–water partition coefficient (Wildman–Crippen LogP) is 2.00. The number of quaternary nitrogens is 2. The molecule has 0 amide bonds. The van der Waals surface area contributed by atoms with E-state index in [9.17, 15) is 9.90 Å². The molecule has 1 aromatic rings. The second-order valence-electron chi connectivity index (χ2n) is 8.32. The number of esters is 1. The lowest BCUT2D eigenvalue weighted by Crippen LogP contribution is -2.71. The van der Waals surface area contributed by atoms with E-state index in [2.05, 4.69) is 34.5 Å². The Morgan fingerprint density at radius 2 is 2.10 bits per heavy atom. The summed E-state index contributed by atoms with van der Waals surface area (Å²) < 4.78 is 21.0. The van der Waals surface area contributed by atoms with Crippen LogP contribution < -0.4 is 10.5 Å². The van der Waals surface area contributed by atoms with E-state index < -0.39 is 18.1 Å². The topological polar surface area (TPSA) is 109 Å². The fourth-order valence-corrected chi connectivity index (χ4v) is 4.07. The van der Waals surface area contributed by atoms with E-state index in [1.54, 1.807) is 0 Å². The first-order valence-electron chi connectivity index (χ1n) is 11.0. The van der Waals surface area contributed by atoms with Crippen molar-refractivity contribution in [3.8, 4) is 5.88 Å². The van der Waals surface area contributed by atoms with Gasteiger partial charge in [-0.1, -0.05) is 39.2 Å². The van der Waals surface area contributed by atoms with Crippen molar-refractivity contribution >= 4 is 23.3 Å². The summed E-state index contributed by atoms with van der Waals surface area (Å²) in [6.45, 7) is 8.08. The second kappa shape index (κ2) is 11.7. The molecule has 1 aromatic heterocycles. The molecule has 8 nitrogen and oxygen atoms in total. The zero-order valence-electron chi connectivity index (χ0n) is 18.8. The lowest BCUT2D eigenvalue weighted by Gasteiger charge is -2.41. The van der Waals surface area contributed by atoms with E-state index in [1.807, 2.05) is 13.8 Å². The van der Waals surface area contributed by atoms with E-state index in [4.69, 9.17) is 9.47 Å². The zero-order valence-corrected chi connectivity index (χ0v) is 19.6. The minimum atomic E-state index is -0.787. The molecule has 4 atom stereocenters. The van der Waals surface area contributed by atoms with Gasteiger partial charge in [-0.25, -0.2) is 4.79 Å². The standard InChI is InChI=1S/C21H37N4O4S/c1-5-7-8-9-13-28-20-19(23-30-24-20)16-11-10-12-25(4,14-16)15(3)29-21(27)18(22)17(26)6-2/h11,15,17-18,26H,5-10,12-14,22H2,1-4H3/q+1/p+1/t15-,17-,18+,25?/m1/s1. The number of carbonyl (C=O) groups is 1. The van der Waals surface area contributed by atoms with Crippen LogP contribution in [0.2, 0.25) is 0 Å². The molecule has 0 aromatic carbocycles. The molecule has 0 bridgehead atoms. The van der Waals surface area contributed by atoms with Crippen LogP contribution in [0.5, 0.6) is 5.88 Å². The highest BCUT2D eigenvalue weighted by Crippen LogP contribution is 2.31. The van der Waals surface area contributed by atoms with Crippen molar-refractivity contribution in [2.24, 2.45) is 0 Å². The fourth-order valence-electron chi connectivity index (χ4n) is 3.54. The Labute approximate surface area is 184 Å². The molecular formula is C21H38N4O4S+2. The Morgan fingerprint density at radius 3 is 2.80 bits per heavy atom. The number of hydrogen-bond acceptors (Lipinski definition) is 7. The molecule has 1 aliphatic heterocycles. The molecule has 2 rings (SSSR count). The average molecular weight is 443 g/mol. The van der Waals surface area contributed by atoms with Gasteiger partial charge in [-0.05, 0) is 12.8 Å². The monoisotopic (exact) mass is 442 g/mol. The van der Waals surface area contributed by atoms with Gasteiger partial charge in [-0.3, -0.25) is 4.48 Å². The smallest absolute Gasteiger partial charge is 0.372 e. The summed E-state index contributed by atoms with van der Waals surface area (Å²) in [4.78, 5) is 12.4. The molecule has 9 heteroatoms. The predicted molar refractivity (Wildman–Crippen MR) is 117 cm³/mol. The Kier molecular flexibility index (Phi) is 9.67. The first-order valence-corrected chi connectivity index (χ1v) is 11.8. The number of hydrogen-bond donors (Lipinski definition) is 2. The molecule has 2 heterocycles. The van der Waals surface area contributed by atoms with Gasteiger partial charge in [0.15, 0.2) is 0 Å². The number of likely N-dealkylation sites (N-methyl/N-ethyl adjacent to an activating group) is 1. The highest BCUT2D eigenvalue weighted by Gasteiger charge is 2.38. The number of unbranched alkanes of at least 4 members (excludes halogenated alkanes) is 3. The molecule has 1 unspecified atom stereocenters. The summed E-state index contributed by atoms with van der Waals surface area (Å²) in [5.41, 5.74) is 5.64. The van der Waals surface area contributed by atoms with Crippen LogP contribution in [0.1, 0.15) is 65.0 Å². The number of aliphatic hydroxyl groups is 1. The van der Waals surface area contributed by atoms with Crippen LogP contribution >= 0.6 is 11.7 Å². The molecule has 170 valence electrons. The van der Waals surface area contributed by atoms with Crippen LogP contribution in [0.3, 0.4) is 0 Å². The molecule has 4 N–H and O–H groups in total. The molecule has 0 fully saturated rings. The first kappa shape index (κ1) is 24.7. The van der Waals surface area contributed by atoms with Gasteiger partial charge in [0.05, 0.1) is 31.9 Å². The van der Waals surface area contributed by atoms with Crippen LogP contribution in [0.4, 0.5) is 0 Å². The maximum atomic E-state index is 12.4. The molecule has 0 aliphatic carbocycles. The van der Waals surface area contributed by atoms with Crippen molar-refractivity contribution in [2.75, 3.05) is 26.7 Å². The van der Waals surface area contributed by atoms with Gasteiger partial charge in [0.1, 0.15) is 18.3 Å². The van der Waals surface area contributed by atoms with E-state index in [0.29, 0.717) is 29.9 Å². The maximum Gasteiger partial charge on any atom is 0.372 e. The van der Waals surface area contributed by atoms with Crippen molar-refractivity contribution in [3.05, 3.63) is 11.8 Å². The normalized spacial score (nSPS) is 22.1. The van der Waals surface area contributed by atoms with Crippen LogP contribution in [0.15, 0.2) is 6.08 Å². The number of carbonyl (C=O) groups excluding carboxylic acids is 1. The van der Waals surface area contributed by atoms with Crippen LogP contribution in [-0.2, 0) is 9.53 Å². The number of ether oxygens (including phenoxy) is 2. The van der Waals surface area contributed by atoms with Gasteiger partial charge in [0.2, 0.25) is 12.3 Å². The van der Waals surface area contributed by atoms with Crippen molar-refractivity contribution in [3.63, 3.8) is 0 Å². The summed E-state index contributed by atoms with van der Waals surface area (Å²) in [6, 6.07) is -0.778. The van der Waals surface area contributed by atoms with Crippen LogP contribution in [0.25, 0.3) is 5.57 Å². The summed E-state index contributed by atoms with van der Waals surface area (Å²) in [5.74, 6) is 0.142.